The summed E-state index contributed by atoms with van der Waals surface area (Å²) in [6, 6.07) is 10.2. The van der Waals surface area contributed by atoms with E-state index in [0.29, 0.717) is 0 Å². The molecule has 128 valence electrons. The molecule has 0 radical (unpaired) electrons. The first-order valence-electron chi connectivity index (χ1n) is 8.55. The van der Waals surface area contributed by atoms with Crippen LogP contribution in [0.15, 0.2) is 49.1 Å². The standard InChI is InChI=1S/C19H22BN3O2/c1-18(2)19(3,4)25-20(24-18)15-5-6-16-17(11-15)23(13-22-16)12-14-7-9-21-10-8-14/h5-11,13H,12H2,1-4H3. The molecule has 0 spiro atoms. The summed E-state index contributed by atoms with van der Waals surface area (Å²) in [6.07, 6.45) is 5.49. The Bertz CT molecular complexity index is 889. The van der Waals surface area contributed by atoms with E-state index in [-0.39, 0.29) is 18.3 Å². The van der Waals surface area contributed by atoms with Gasteiger partial charge in [0.05, 0.1) is 28.6 Å². The van der Waals surface area contributed by atoms with Gasteiger partial charge in [0.25, 0.3) is 0 Å². The van der Waals surface area contributed by atoms with E-state index in [1.165, 1.54) is 5.56 Å². The maximum Gasteiger partial charge on any atom is 0.494 e. The number of nitrogens with zero attached hydrogens (tertiary/aromatic N) is 3. The van der Waals surface area contributed by atoms with Crippen molar-refractivity contribution in [3.8, 4) is 0 Å². The molecule has 0 saturated carbocycles. The topological polar surface area (TPSA) is 49.2 Å². The van der Waals surface area contributed by atoms with Crippen molar-refractivity contribution >= 4 is 23.6 Å². The Hall–Kier alpha value is -2.18. The maximum absolute atomic E-state index is 6.17. The number of benzene rings is 1. The molecule has 0 atom stereocenters. The molecule has 5 nitrogen and oxygen atoms in total. The molecule has 6 heteroatoms. The third-order valence-electron chi connectivity index (χ3n) is 5.27. The van der Waals surface area contributed by atoms with Crippen LogP contribution in [0.1, 0.15) is 33.3 Å². The highest BCUT2D eigenvalue weighted by atomic mass is 16.7. The summed E-state index contributed by atoms with van der Waals surface area (Å²) < 4.78 is 14.5. The van der Waals surface area contributed by atoms with Crippen molar-refractivity contribution in [2.24, 2.45) is 0 Å². The van der Waals surface area contributed by atoms with E-state index in [1.807, 2.05) is 43.0 Å². The fourth-order valence-electron chi connectivity index (χ4n) is 3.01. The van der Waals surface area contributed by atoms with Gasteiger partial charge in [-0.05, 0) is 63.0 Å². The van der Waals surface area contributed by atoms with Gasteiger partial charge in [-0.1, -0.05) is 6.07 Å². The van der Waals surface area contributed by atoms with Gasteiger partial charge in [0, 0.05) is 18.9 Å². The van der Waals surface area contributed by atoms with Gasteiger partial charge in [-0.25, -0.2) is 4.98 Å². The average Bonchev–Trinajstić information content (AvgIpc) is 3.06. The third kappa shape index (κ3) is 2.85. The third-order valence-corrected chi connectivity index (χ3v) is 5.27. The number of aromatic nitrogens is 3. The Balaban J connectivity index is 1.67. The summed E-state index contributed by atoms with van der Waals surface area (Å²) in [6.45, 7) is 9.03. The van der Waals surface area contributed by atoms with Crippen LogP contribution in [0.3, 0.4) is 0 Å². The average molecular weight is 335 g/mol. The van der Waals surface area contributed by atoms with Crippen molar-refractivity contribution in [2.75, 3.05) is 0 Å². The van der Waals surface area contributed by atoms with Crippen molar-refractivity contribution < 1.29 is 9.31 Å². The molecule has 1 aromatic carbocycles. The Labute approximate surface area is 148 Å². The smallest absolute Gasteiger partial charge is 0.399 e. The first-order valence-corrected chi connectivity index (χ1v) is 8.55. The van der Waals surface area contributed by atoms with Crippen LogP contribution in [0.5, 0.6) is 0 Å². The summed E-state index contributed by atoms with van der Waals surface area (Å²) in [5.74, 6) is 0. The molecule has 0 aliphatic carbocycles. The molecular weight excluding hydrogens is 313 g/mol. The van der Waals surface area contributed by atoms with E-state index >= 15 is 0 Å². The normalized spacial score (nSPS) is 18.8. The van der Waals surface area contributed by atoms with Gasteiger partial charge in [0.2, 0.25) is 0 Å². The van der Waals surface area contributed by atoms with Gasteiger partial charge in [0.15, 0.2) is 0 Å². The number of hydrogen-bond donors (Lipinski definition) is 0. The second-order valence-electron chi connectivity index (χ2n) is 7.56. The van der Waals surface area contributed by atoms with E-state index in [4.69, 9.17) is 9.31 Å². The Kier molecular flexibility index (Phi) is 3.70. The Morgan fingerprint density at radius 3 is 2.36 bits per heavy atom. The highest BCUT2D eigenvalue weighted by molar-refractivity contribution is 6.62. The van der Waals surface area contributed by atoms with Crippen LogP contribution >= 0.6 is 0 Å². The molecule has 3 heterocycles. The van der Waals surface area contributed by atoms with E-state index in [9.17, 15) is 0 Å². The summed E-state index contributed by atoms with van der Waals surface area (Å²) in [4.78, 5) is 8.58. The largest absolute Gasteiger partial charge is 0.494 e. The zero-order valence-corrected chi connectivity index (χ0v) is 15.1. The number of imidazole rings is 1. The molecule has 3 aromatic rings. The molecule has 4 rings (SSSR count). The van der Waals surface area contributed by atoms with Crippen LogP contribution in [-0.4, -0.2) is 32.9 Å². The first kappa shape index (κ1) is 16.3. The lowest BCUT2D eigenvalue weighted by atomic mass is 9.79. The number of hydrogen-bond acceptors (Lipinski definition) is 4. The van der Waals surface area contributed by atoms with E-state index < -0.39 is 0 Å². The summed E-state index contributed by atoms with van der Waals surface area (Å²) >= 11 is 0. The van der Waals surface area contributed by atoms with Gasteiger partial charge in [0.1, 0.15) is 0 Å². The molecule has 25 heavy (non-hydrogen) atoms. The fourth-order valence-corrected chi connectivity index (χ4v) is 3.01. The fraction of sp³-hybridized carbons (Fsp3) is 0.368. The lowest BCUT2D eigenvalue weighted by molar-refractivity contribution is 0.00578. The molecule has 1 fully saturated rings. The van der Waals surface area contributed by atoms with Crippen LogP contribution in [-0.2, 0) is 15.9 Å². The van der Waals surface area contributed by atoms with Crippen LogP contribution in [0.2, 0.25) is 0 Å². The number of pyridine rings is 1. The van der Waals surface area contributed by atoms with Crippen LogP contribution in [0, 0.1) is 0 Å². The summed E-state index contributed by atoms with van der Waals surface area (Å²) in [5, 5.41) is 0. The predicted octanol–water partition coefficient (Wildman–Crippen LogP) is 2.78. The molecule has 0 amide bonds. The minimum atomic E-state index is -0.362. The summed E-state index contributed by atoms with van der Waals surface area (Å²) in [5.41, 5.74) is 3.56. The van der Waals surface area contributed by atoms with Gasteiger partial charge in [-0.15, -0.1) is 0 Å². The predicted molar refractivity (Wildman–Crippen MR) is 98.8 cm³/mol. The van der Waals surface area contributed by atoms with Gasteiger partial charge in [-0.2, -0.15) is 0 Å². The van der Waals surface area contributed by atoms with Crippen LogP contribution in [0.25, 0.3) is 11.0 Å². The van der Waals surface area contributed by atoms with E-state index in [0.717, 1.165) is 23.0 Å². The molecule has 0 bridgehead atoms. The maximum atomic E-state index is 6.17. The zero-order chi connectivity index (χ0) is 17.7. The molecule has 1 aliphatic rings. The van der Waals surface area contributed by atoms with Gasteiger partial charge >= 0.3 is 7.12 Å². The minimum absolute atomic E-state index is 0.343. The monoisotopic (exact) mass is 335 g/mol. The molecule has 0 N–H and O–H groups in total. The van der Waals surface area contributed by atoms with Crippen molar-refractivity contribution in [3.63, 3.8) is 0 Å². The molecule has 1 saturated heterocycles. The zero-order valence-electron chi connectivity index (χ0n) is 15.1. The van der Waals surface area contributed by atoms with Gasteiger partial charge < -0.3 is 13.9 Å². The molecule has 1 aliphatic heterocycles. The SMILES string of the molecule is CC1(C)OB(c2ccc3ncn(Cc4ccncc4)c3c2)OC1(C)C. The minimum Gasteiger partial charge on any atom is -0.399 e. The quantitative estimate of drug-likeness (QED) is 0.691. The lowest BCUT2D eigenvalue weighted by Gasteiger charge is -2.32. The van der Waals surface area contributed by atoms with Crippen LogP contribution < -0.4 is 5.46 Å². The van der Waals surface area contributed by atoms with E-state index in [1.54, 1.807) is 0 Å². The second-order valence-corrected chi connectivity index (χ2v) is 7.56. The Morgan fingerprint density at radius 2 is 1.68 bits per heavy atom. The molecule has 2 aromatic heterocycles. The molecule has 0 unspecified atom stereocenters. The van der Waals surface area contributed by atoms with Crippen LogP contribution in [0.4, 0.5) is 0 Å². The summed E-state index contributed by atoms with van der Waals surface area (Å²) in [7, 11) is -0.362. The highest BCUT2D eigenvalue weighted by Crippen LogP contribution is 2.36. The molecular formula is C19H22BN3O2. The van der Waals surface area contributed by atoms with Crippen molar-refractivity contribution in [3.05, 3.63) is 54.6 Å². The first-order chi connectivity index (χ1) is 11.9. The lowest BCUT2D eigenvalue weighted by Crippen LogP contribution is -2.41. The number of rotatable bonds is 3. The second kappa shape index (κ2) is 5.68. The highest BCUT2D eigenvalue weighted by Gasteiger charge is 2.51. The van der Waals surface area contributed by atoms with Crippen molar-refractivity contribution in [1.82, 2.24) is 14.5 Å². The van der Waals surface area contributed by atoms with Crippen molar-refractivity contribution in [2.45, 2.75) is 45.4 Å². The number of fused-ring (bicyclic) bond motifs is 1. The Morgan fingerprint density at radius 1 is 1.00 bits per heavy atom. The van der Waals surface area contributed by atoms with Crippen molar-refractivity contribution in [1.29, 1.82) is 0 Å². The van der Waals surface area contributed by atoms with Gasteiger partial charge in [-0.3, -0.25) is 4.98 Å². The van der Waals surface area contributed by atoms with E-state index in [2.05, 4.69) is 48.3 Å².